The molecule has 2 aliphatic carbocycles. The first-order valence-corrected chi connectivity index (χ1v) is 20.1. The number of benzene rings is 4. The average Bonchev–Trinajstić information content (AvgIpc) is 3.59. The van der Waals surface area contributed by atoms with Gasteiger partial charge in [0.1, 0.15) is 0 Å². The van der Waals surface area contributed by atoms with Crippen LogP contribution in [0.25, 0.3) is 11.1 Å². The van der Waals surface area contributed by atoms with Gasteiger partial charge in [-0.1, -0.05) is 0 Å². The molecule has 0 heterocycles. The van der Waals surface area contributed by atoms with Crippen LogP contribution in [-0.2, 0) is 38.5 Å². The fourth-order valence-corrected chi connectivity index (χ4v) is 16.0. The fraction of sp³-hybridized carbons (Fsp3) is 0.293. The van der Waals surface area contributed by atoms with E-state index in [4.69, 9.17) is 23.2 Å². The van der Waals surface area contributed by atoms with Crippen molar-refractivity contribution in [1.82, 2.24) is 0 Å². The predicted octanol–water partition coefficient (Wildman–Crippen LogP) is 5.14. The molecule has 0 fully saturated rings. The van der Waals surface area contributed by atoms with E-state index in [1.165, 1.54) is 53.3 Å². The van der Waals surface area contributed by atoms with Crippen LogP contribution in [-0.4, -0.2) is 3.21 Å². The van der Waals surface area contributed by atoms with Gasteiger partial charge < -0.3 is 24.8 Å². The predicted molar refractivity (Wildman–Crippen MR) is 189 cm³/mol. The second kappa shape index (κ2) is 14.0. The van der Waals surface area contributed by atoms with Crippen LogP contribution in [0.3, 0.4) is 0 Å². The topological polar surface area (TPSA) is 0 Å². The Morgan fingerprint density at radius 3 is 1.70 bits per heavy atom. The van der Waals surface area contributed by atoms with Gasteiger partial charge in [0.15, 0.2) is 0 Å². The van der Waals surface area contributed by atoms with E-state index in [2.05, 4.69) is 116 Å². The largest absolute Gasteiger partial charge is 1.00 e. The summed E-state index contributed by atoms with van der Waals surface area (Å²) in [6, 6.07) is 24.6. The molecule has 4 aromatic rings. The van der Waals surface area contributed by atoms with E-state index >= 15 is 0 Å². The molecule has 0 spiro atoms. The van der Waals surface area contributed by atoms with Crippen molar-refractivity contribution in [3.05, 3.63) is 143 Å². The molecule has 0 radical (unpaired) electrons. The molecule has 0 N–H and O–H groups in total. The number of hydrogen-bond acceptors (Lipinski definition) is 0. The normalized spacial score (nSPS) is 13.2. The van der Waals surface area contributed by atoms with E-state index in [0.29, 0.717) is 0 Å². The van der Waals surface area contributed by atoms with Crippen LogP contribution in [0, 0.1) is 13.8 Å². The molecule has 0 aromatic heterocycles. The van der Waals surface area contributed by atoms with Crippen molar-refractivity contribution in [2.75, 3.05) is 0 Å². The molecule has 0 amide bonds. The van der Waals surface area contributed by atoms with Gasteiger partial charge >= 0.3 is 284 Å². The van der Waals surface area contributed by atoms with Crippen molar-refractivity contribution in [1.29, 1.82) is 0 Å². The number of allylic oxidation sites excluding steroid dienone is 4. The Bertz CT molecular complexity index is 1830. The molecule has 2 aliphatic rings. The van der Waals surface area contributed by atoms with Crippen molar-refractivity contribution >= 4 is 29.7 Å². The molecule has 6 rings (SSSR count). The van der Waals surface area contributed by atoms with E-state index in [9.17, 15) is 0 Å². The van der Waals surface area contributed by atoms with E-state index in [-0.39, 0.29) is 35.6 Å². The number of hydrogen-bond donors (Lipinski definition) is 0. The van der Waals surface area contributed by atoms with Crippen LogP contribution >= 0.6 is 23.2 Å². The minimum absolute atomic E-state index is 0. The summed E-state index contributed by atoms with van der Waals surface area (Å²) < 4.78 is 4.76. The minimum atomic E-state index is -2.85. The summed E-state index contributed by atoms with van der Waals surface area (Å²) in [7, 11) is 0. The molecule has 0 aliphatic heterocycles. The van der Waals surface area contributed by atoms with Crippen LogP contribution in [0.4, 0.5) is 0 Å². The third-order valence-corrected chi connectivity index (χ3v) is 17.8. The zero-order valence-corrected chi connectivity index (χ0v) is 33.5. The molecule has 46 heavy (non-hydrogen) atoms. The quantitative estimate of drug-likeness (QED) is 0.238. The molecular formula is C41H42Cl4Zr. The molecule has 0 nitrogen and oxygen atoms in total. The number of rotatable bonds is 4. The molecule has 0 saturated heterocycles. The monoisotopic (exact) mass is 764 g/mol. The Kier molecular flexibility index (Phi) is 11.3. The maximum atomic E-state index is 6.46. The summed E-state index contributed by atoms with van der Waals surface area (Å²) in [4.78, 5) is 0. The van der Waals surface area contributed by atoms with Gasteiger partial charge in [-0.3, -0.25) is 0 Å². The van der Waals surface area contributed by atoms with E-state index in [0.717, 1.165) is 22.9 Å². The first-order valence-electron chi connectivity index (χ1n) is 15.7. The van der Waals surface area contributed by atoms with Crippen LogP contribution in [0.5, 0.6) is 0 Å². The third kappa shape index (κ3) is 7.02. The minimum Gasteiger partial charge on any atom is -1.00 e. The molecule has 4 aromatic carbocycles. The number of aryl methyl sites for hydroxylation is 1. The SMILES string of the molecule is Cc1cc2c(cc1C(C)(C)C)-c1cc(C(C)(C)C)c(C)[c]([Zr+2]([C]3=CC=CC3)=[C](c3ccc(Cl)cc3)c3ccc(Cl)cc3)c1C2.[Cl-].[Cl-]. The summed E-state index contributed by atoms with van der Waals surface area (Å²) in [6.45, 7) is 18.8. The molecule has 0 bridgehead atoms. The van der Waals surface area contributed by atoms with Crippen molar-refractivity contribution in [3.63, 3.8) is 0 Å². The Morgan fingerprint density at radius 2 is 1.22 bits per heavy atom. The van der Waals surface area contributed by atoms with Crippen LogP contribution in [0.2, 0.25) is 10.0 Å². The van der Waals surface area contributed by atoms with Crippen molar-refractivity contribution in [2.24, 2.45) is 0 Å². The van der Waals surface area contributed by atoms with Crippen LogP contribution < -0.4 is 28.1 Å². The zero-order chi connectivity index (χ0) is 31.6. The smallest absolute Gasteiger partial charge is 1.00 e. The van der Waals surface area contributed by atoms with Gasteiger partial charge in [0.25, 0.3) is 0 Å². The molecule has 0 atom stereocenters. The molecule has 5 heteroatoms. The molecule has 0 saturated carbocycles. The van der Waals surface area contributed by atoms with Gasteiger partial charge in [0.05, 0.1) is 0 Å². The van der Waals surface area contributed by atoms with Gasteiger partial charge in [-0.15, -0.1) is 0 Å². The van der Waals surface area contributed by atoms with Gasteiger partial charge in [-0.2, -0.15) is 0 Å². The molecule has 0 unspecified atom stereocenters. The standard InChI is InChI=1S/C23H29.C13H8Cl2.C5H5.2ClH.Zr/c1-14-9-16-11-17-10-15(2)21(23(6,7)8)13-19(17)18(16)12-20(14)22(3,4)5;14-12-5-1-10(2-6-12)9-11-3-7-13(15)8-4-11;1-2-4-5-3-1;;;/h9,12-13H,11H2,1-8H3;1-8H;1-3H,4H2;2*1H;/q;;;;;+2/p-2. The first-order chi connectivity index (χ1) is 20.7. The van der Waals surface area contributed by atoms with Crippen molar-refractivity contribution in [3.8, 4) is 11.1 Å². The van der Waals surface area contributed by atoms with Crippen LogP contribution in [0.1, 0.15) is 92.5 Å². The van der Waals surface area contributed by atoms with E-state index in [1.54, 1.807) is 12.1 Å². The Labute approximate surface area is 306 Å². The summed E-state index contributed by atoms with van der Waals surface area (Å²) >= 11 is 10.1. The zero-order valence-electron chi connectivity index (χ0n) is 28.0. The summed E-state index contributed by atoms with van der Waals surface area (Å²) in [5.41, 5.74) is 14.4. The second-order valence-corrected chi connectivity index (χ2v) is 21.3. The Hall–Kier alpha value is -1.73. The van der Waals surface area contributed by atoms with Crippen LogP contribution in [0.15, 0.2) is 88.2 Å². The van der Waals surface area contributed by atoms with Gasteiger partial charge in [-0.05, 0) is 0 Å². The summed E-state index contributed by atoms with van der Waals surface area (Å²) in [6.07, 6.45) is 9.06. The second-order valence-electron chi connectivity index (χ2n) is 14.5. The number of halogens is 4. The summed E-state index contributed by atoms with van der Waals surface area (Å²) in [5, 5.41) is 1.53. The maximum absolute atomic E-state index is 6.46. The number of fused-ring (bicyclic) bond motifs is 3. The van der Waals surface area contributed by atoms with Crippen molar-refractivity contribution < 1.29 is 46.1 Å². The van der Waals surface area contributed by atoms with E-state index < -0.39 is 21.3 Å². The van der Waals surface area contributed by atoms with Gasteiger partial charge in [-0.25, -0.2) is 0 Å². The summed E-state index contributed by atoms with van der Waals surface area (Å²) in [5.74, 6) is 0. The first kappa shape index (κ1) is 37.1. The van der Waals surface area contributed by atoms with Crippen molar-refractivity contribution in [2.45, 2.75) is 79.1 Å². The van der Waals surface area contributed by atoms with E-state index in [1.807, 2.05) is 24.3 Å². The Balaban J connectivity index is 0.00000240. The maximum Gasteiger partial charge on any atom is -1.00 e. The average molecular weight is 768 g/mol. The third-order valence-electron chi connectivity index (χ3n) is 9.28. The molecule has 238 valence electrons. The molecular weight excluding hydrogens is 725 g/mol. The Morgan fingerprint density at radius 1 is 0.696 bits per heavy atom. The van der Waals surface area contributed by atoms with Gasteiger partial charge in [0.2, 0.25) is 0 Å². The van der Waals surface area contributed by atoms with Gasteiger partial charge in [0, 0.05) is 0 Å². The fourth-order valence-electron chi connectivity index (χ4n) is 7.31.